The van der Waals surface area contributed by atoms with Crippen molar-refractivity contribution in [2.75, 3.05) is 11.9 Å². The monoisotopic (exact) mass is 233 g/mol. The van der Waals surface area contributed by atoms with Crippen LogP contribution >= 0.6 is 0 Å². The number of nitrogens with one attached hydrogen (secondary N) is 1. The number of rotatable bonds is 2. The summed E-state index contributed by atoms with van der Waals surface area (Å²) in [5.41, 5.74) is 2.51. The summed E-state index contributed by atoms with van der Waals surface area (Å²) in [5.74, 6) is 0. The minimum Gasteiger partial charge on any atom is -0.385 e. The highest BCUT2D eigenvalue weighted by Crippen LogP contribution is 2.07. The van der Waals surface area contributed by atoms with Crippen molar-refractivity contribution in [3.05, 3.63) is 29.8 Å². The van der Waals surface area contributed by atoms with Crippen molar-refractivity contribution in [3.8, 4) is 0 Å². The van der Waals surface area contributed by atoms with Crippen molar-refractivity contribution in [1.29, 1.82) is 0 Å². The minimum absolute atomic E-state index is 0.989. The van der Waals surface area contributed by atoms with Gasteiger partial charge in [-0.1, -0.05) is 17.7 Å². The summed E-state index contributed by atoms with van der Waals surface area (Å²) in [6.07, 6.45) is 0. The zero-order valence-electron chi connectivity index (χ0n) is 8.64. The van der Waals surface area contributed by atoms with E-state index in [0.29, 0.717) is 0 Å². The molecule has 3 N–H and O–H groups in total. The third-order valence-corrected chi connectivity index (χ3v) is 1.43. The molecular formula is C9H15NO4S. The van der Waals surface area contributed by atoms with E-state index in [2.05, 4.69) is 43.4 Å². The molecule has 0 unspecified atom stereocenters. The number of hydrogen-bond acceptors (Lipinski definition) is 3. The Bertz CT molecular complexity index is 364. The first-order chi connectivity index (χ1) is 6.83. The molecule has 1 rings (SSSR count). The van der Waals surface area contributed by atoms with Gasteiger partial charge >= 0.3 is 10.4 Å². The Morgan fingerprint density at radius 3 is 1.93 bits per heavy atom. The third-order valence-electron chi connectivity index (χ3n) is 1.43. The van der Waals surface area contributed by atoms with Gasteiger partial charge in [0.2, 0.25) is 0 Å². The van der Waals surface area contributed by atoms with E-state index in [9.17, 15) is 0 Å². The molecule has 0 amide bonds. The fourth-order valence-corrected chi connectivity index (χ4v) is 0.876. The molecule has 6 heteroatoms. The summed E-state index contributed by atoms with van der Waals surface area (Å²) in [6, 6.07) is 8.41. The molecule has 1 aromatic carbocycles. The summed E-state index contributed by atoms with van der Waals surface area (Å²) in [6.45, 7) is 5.18. The summed E-state index contributed by atoms with van der Waals surface area (Å²) in [4.78, 5) is 0. The Hall–Kier alpha value is -1.11. The van der Waals surface area contributed by atoms with Crippen LogP contribution in [0.25, 0.3) is 0 Å². The van der Waals surface area contributed by atoms with Crippen molar-refractivity contribution < 1.29 is 17.5 Å². The zero-order chi connectivity index (χ0) is 11.9. The highest BCUT2D eigenvalue weighted by Gasteiger charge is 1.86. The van der Waals surface area contributed by atoms with Crippen LogP contribution in [-0.2, 0) is 10.4 Å². The molecule has 0 radical (unpaired) electrons. The second-order valence-corrected chi connectivity index (χ2v) is 3.74. The van der Waals surface area contributed by atoms with Crippen LogP contribution in [0.5, 0.6) is 0 Å². The second kappa shape index (κ2) is 6.39. The third kappa shape index (κ3) is 10.8. The van der Waals surface area contributed by atoms with Crippen LogP contribution in [0.2, 0.25) is 0 Å². The molecule has 0 aromatic heterocycles. The SMILES string of the molecule is CCNc1ccc(C)cc1.O=S(=O)(O)O. The molecule has 0 bridgehead atoms. The number of hydrogen-bond donors (Lipinski definition) is 3. The van der Waals surface area contributed by atoms with E-state index in [1.165, 1.54) is 11.3 Å². The van der Waals surface area contributed by atoms with Crippen LogP contribution in [0, 0.1) is 6.92 Å². The first-order valence-corrected chi connectivity index (χ1v) is 5.73. The van der Waals surface area contributed by atoms with Gasteiger partial charge in [-0.05, 0) is 26.0 Å². The number of benzene rings is 1. The summed E-state index contributed by atoms with van der Waals surface area (Å²) in [5, 5.41) is 3.23. The van der Waals surface area contributed by atoms with E-state index >= 15 is 0 Å². The highest BCUT2D eigenvalue weighted by molar-refractivity contribution is 7.79. The summed E-state index contributed by atoms with van der Waals surface area (Å²) >= 11 is 0. The fraction of sp³-hybridized carbons (Fsp3) is 0.333. The molecule has 0 heterocycles. The van der Waals surface area contributed by atoms with Crippen molar-refractivity contribution in [2.24, 2.45) is 0 Å². The van der Waals surface area contributed by atoms with Crippen molar-refractivity contribution >= 4 is 16.1 Å². The van der Waals surface area contributed by atoms with Gasteiger partial charge in [0.25, 0.3) is 0 Å². The van der Waals surface area contributed by atoms with Crippen molar-refractivity contribution in [2.45, 2.75) is 13.8 Å². The van der Waals surface area contributed by atoms with Crippen LogP contribution in [0.4, 0.5) is 5.69 Å². The van der Waals surface area contributed by atoms with Gasteiger partial charge in [-0.3, -0.25) is 9.11 Å². The molecular weight excluding hydrogens is 218 g/mol. The lowest BCUT2D eigenvalue weighted by molar-refractivity contribution is 0.381. The standard InChI is InChI=1S/C9H13N.H2O4S/c1-3-10-9-6-4-8(2)5-7-9;1-5(2,3)4/h4-7,10H,3H2,1-2H3;(H2,1,2,3,4). The van der Waals surface area contributed by atoms with E-state index < -0.39 is 10.4 Å². The van der Waals surface area contributed by atoms with E-state index in [4.69, 9.17) is 17.5 Å². The van der Waals surface area contributed by atoms with Gasteiger partial charge in [-0.25, -0.2) is 0 Å². The summed E-state index contributed by atoms with van der Waals surface area (Å²) < 4.78 is 31.6. The van der Waals surface area contributed by atoms with Crippen LogP contribution in [0.15, 0.2) is 24.3 Å². The molecule has 0 aliphatic carbocycles. The lowest BCUT2D eigenvalue weighted by Gasteiger charge is -2.01. The Morgan fingerprint density at radius 1 is 1.20 bits per heavy atom. The topological polar surface area (TPSA) is 86.6 Å². The molecule has 0 saturated heterocycles. The minimum atomic E-state index is -4.67. The van der Waals surface area contributed by atoms with Gasteiger partial charge in [0.05, 0.1) is 0 Å². The molecule has 0 fully saturated rings. The lowest BCUT2D eigenvalue weighted by Crippen LogP contribution is -1.95. The molecule has 0 aliphatic rings. The molecule has 0 spiro atoms. The van der Waals surface area contributed by atoms with E-state index in [-0.39, 0.29) is 0 Å². The van der Waals surface area contributed by atoms with Crippen molar-refractivity contribution in [3.63, 3.8) is 0 Å². The van der Waals surface area contributed by atoms with E-state index in [1.54, 1.807) is 0 Å². The largest absolute Gasteiger partial charge is 0.394 e. The molecule has 86 valence electrons. The average Bonchev–Trinajstić information content (AvgIpc) is 2.06. The predicted octanol–water partition coefficient (Wildman–Crippen LogP) is 1.77. The Balaban J connectivity index is 0.000000336. The predicted molar refractivity (Wildman–Crippen MR) is 59.5 cm³/mol. The van der Waals surface area contributed by atoms with Crippen LogP contribution < -0.4 is 5.32 Å². The Kier molecular flexibility index (Phi) is 5.92. The zero-order valence-corrected chi connectivity index (χ0v) is 9.45. The smallest absolute Gasteiger partial charge is 0.385 e. The molecule has 0 aliphatic heterocycles. The first kappa shape index (κ1) is 13.9. The number of anilines is 1. The quantitative estimate of drug-likeness (QED) is 0.678. The fourth-order valence-electron chi connectivity index (χ4n) is 0.876. The molecule has 0 atom stereocenters. The van der Waals surface area contributed by atoms with Crippen molar-refractivity contribution in [1.82, 2.24) is 0 Å². The maximum atomic E-state index is 8.74. The van der Waals surface area contributed by atoms with Crippen LogP contribution in [0.1, 0.15) is 12.5 Å². The molecule has 0 saturated carbocycles. The summed E-state index contributed by atoms with van der Waals surface area (Å²) in [7, 11) is -4.67. The van der Waals surface area contributed by atoms with Gasteiger partial charge < -0.3 is 5.32 Å². The molecule has 15 heavy (non-hydrogen) atoms. The maximum absolute atomic E-state index is 8.74. The Morgan fingerprint density at radius 2 is 1.60 bits per heavy atom. The van der Waals surface area contributed by atoms with Gasteiger partial charge in [0, 0.05) is 12.2 Å². The van der Waals surface area contributed by atoms with Crippen LogP contribution in [-0.4, -0.2) is 24.1 Å². The van der Waals surface area contributed by atoms with Crippen LogP contribution in [0.3, 0.4) is 0 Å². The normalized spacial score (nSPS) is 10.1. The Labute approximate surface area is 89.7 Å². The lowest BCUT2D eigenvalue weighted by atomic mass is 10.2. The average molecular weight is 233 g/mol. The maximum Gasteiger partial charge on any atom is 0.394 e. The van der Waals surface area contributed by atoms with Gasteiger partial charge in [-0.15, -0.1) is 0 Å². The highest BCUT2D eigenvalue weighted by atomic mass is 32.3. The number of aryl methyl sites for hydroxylation is 1. The molecule has 5 nitrogen and oxygen atoms in total. The van der Waals surface area contributed by atoms with E-state index in [1.807, 2.05) is 0 Å². The van der Waals surface area contributed by atoms with Gasteiger partial charge in [-0.2, -0.15) is 8.42 Å². The second-order valence-electron chi connectivity index (χ2n) is 2.84. The van der Waals surface area contributed by atoms with E-state index in [0.717, 1.165) is 6.54 Å². The molecule has 1 aromatic rings. The first-order valence-electron chi connectivity index (χ1n) is 4.33. The van der Waals surface area contributed by atoms with Gasteiger partial charge in [0.15, 0.2) is 0 Å². The van der Waals surface area contributed by atoms with Gasteiger partial charge in [0.1, 0.15) is 0 Å².